The van der Waals surface area contributed by atoms with Crippen LogP contribution in [0.3, 0.4) is 0 Å². The smallest absolute Gasteiger partial charge is 0.275 e. The number of nitrogens with one attached hydrogen (secondary N) is 1. The Kier molecular flexibility index (Phi) is 5.53. The highest BCUT2D eigenvalue weighted by Gasteiger charge is 2.23. The summed E-state index contributed by atoms with van der Waals surface area (Å²) < 4.78 is 5.34. The fourth-order valence-corrected chi connectivity index (χ4v) is 4.09. The SMILES string of the molecule is COc1ccc2nc(N3CCCCC3)c(C=C3N=C(SC(C)=O)NC3=O)cc2c1. The molecule has 3 heterocycles. The Hall–Kier alpha value is -2.87. The van der Waals surface area contributed by atoms with E-state index >= 15 is 0 Å². The topological polar surface area (TPSA) is 83.9 Å². The van der Waals surface area contributed by atoms with Gasteiger partial charge < -0.3 is 9.64 Å². The van der Waals surface area contributed by atoms with Gasteiger partial charge in [-0.1, -0.05) is 0 Å². The van der Waals surface area contributed by atoms with Gasteiger partial charge in [-0.05, 0) is 61.4 Å². The van der Waals surface area contributed by atoms with Gasteiger partial charge in [0.05, 0.1) is 12.6 Å². The standard InChI is InChI=1S/C21H22N4O3S/c1-13(26)29-21-23-18(20(27)24-21)12-15-10-14-11-16(28-2)6-7-17(14)22-19(15)25-8-4-3-5-9-25/h6-7,10-12H,3-5,8-9H2,1-2H3,(H,23,24,27). The first-order valence-electron chi connectivity index (χ1n) is 9.57. The number of thioether (sulfide) groups is 1. The molecular weight excluding hydrogens is 388 g/mol. The molecule has 2 aliphatic heterocycles. The van der Waals surface area contributed by atoms with Crippen LogP contribution in [0.5, 0.6) is 5.75 Å². The average molecular weight is 410 g/mol. The van der Waals surface area contributed by atoms with Gasteiger partial charge in [0.25, 0.3) is 5.91 Å². The van der Waals surface area contributed by atoms with Crippen LogP contribution < -0.4 is 15.0 Å². The first-order chi connectivity index (χ1) is 14.0. The zero-order valence-electron chi connectivity index (χ0n) is 16.4. The minimum atomic E-state index is -0.316. The van der Waals surface area contributed by atoms with Crippen molar-refractivity contribution in [2.45, 2.75) is 26.2 Å². The normalized spacial score (nSPS) is 18.1. The van der Waals surface area contributed by atoms with Crippen LogP contribution in [0.4, 0.5) is 5.82 Å². The molecule has 1 aromatic heterocycles. The summed E-state index contributed by atoms with van der Waals surface area (Å²) in [6.45, 7) is 3.31. The lowest BCUT2D eigenvalue weighted by atomic mass is 10.1. The molecule has 0 spiro atoms. The molecule has 1 amide bonds. The lowest BCUT2D eigenvalue weighted by Gasteiger charge is -2.29. The minimum absolute atomic E-state index is 0.126. The number of aromatic nitrogens is 1. The Balaban J connectivity index is 1.80. The first kappa shape index (κ1) is 19.4. The van der Waals surface area contributed by atoms with Gasteiger partial charge in [-0.3, -0.25) is 14.9 Å². The van der Waals surface area contributed by atoms with Crippen LogP contribution in [-0.4, -0.2) is 41.4 Å². The Morgan fingerprint density at radius 1 is 1.24 bits per heavy atom. The number of amidine groups is 1. The van der Waals surface area contributed by atoms with Crippen LogP contribution in [0.15, 0.2) is 35.0 Å². The number of rotatable bonds is 3. The van der Waals surface area contributed by atoms with Gasteiger partial charge >= 0.3 is 0 Å². The number of nitrogens with zero attached hydrogens (tertiary/aromatic N) is 3. The monoisotopic (exact) mass is 410 g/mol. The second-order valence-electron chi connectivity index (χ2n) is 7.00. The van der Waals surface area contributed by atoms with Crippen LogP contribution in [0.25, 0.3) is 17.0 Å². The number of aliphatic imine (C=N–C) groups is 1. The lowest BCUT2D eigenvalue weighted by molar-refractivity contribution is -0.115. The number of carbonyl (C=O) groups excluding carboxylic acids is 2. The number of amides is 1. The number of hydrogen-bond acceptors (Lipinski definition) is 7. The molecule has 0 unspecified atom stereocenters. The summed E-state index contributed by atoms with van der Waals surface area (Å²) in [6.07, 6.45) is 5.21. The van der Waals surface area contributed by atoms with E-state index in [-0.39, 0.29) is 16.7 Å². The van der Waals surface area contributed by atoms with Crippen molar-refractivity contribution in [3.05, 3.63) is 35.5 Å². The Labute approximate surface area is 173 Å². The van der Waals surface area contributed by atoms with Gasteiger partial charge in [0.15, 0.2) is 10.3 Å². The van der Waals surface area contributed by atoms with Crippen molar-refractivity contribution in [1.82, 2.24) is 10.3 Å². The molecule has 0 saturated carbocycles. The second kappa shape index (κ2) is 8.24. The van der Waals surface area contributed by atoms with Gasteiger partial charge in [0.1, 0.15) is 17.3 Å². The van der Waals surface area contributed by atoms with Gasteiger partial charge in [0, 0.05) is 31.0 Å². The highest BCUT2D eigenvalue weighted by Crippen LogP contribution is 2.30. The molecular formula is C21H22N4O3S. The third kappa shape index (κ3) is 4.27. The van der Waals surface area contributed by atoms with Crippen molar-refractivity contribution in [1.29, 1.82) is 0 Å². The van der Waals surface area contributed by atoms with Crippen molar-refractivity contribution in [2.24, 2.45) is 4.99 Å². The summed E-state index contributed by atoms with van der Waals surface area (Å²) in [6, 6.07) is 7.79. The van der Waals surface area contributed by atoms with Crippen molar-refractivity contribution >= 4 is 50.7 Å². The molecule has 0 aliphatic carbocycles. The maximum atomic E-state index is 12.3. The quantitative estimate of drug-likeness (QED) is 0.782. The predicted octanol–water partition coefficient (Wildman–Crippen LogP) is 3.34. The van der Waals surface area contributed by atoms with Crippen LogP contribution in [0.2, 0.25) is 0 Å². The lowest BCUT2D eigenvalue weighted by Crippen LogP contribution is -2.30. The van der Waals surface area contributed by atoms with Gasteiger partial charge in [0.2, 0.25) is 0 Å². The summed E-state index contributed by atoms with van der Waals surface area (Å²) in [5.41, 5.74) is 1.98. The zero-order valence-corrected chi connectivity index (χ0v) is 17.2. The van der Waals surface area contributed by atoms with Crippen LogP contribution in [-0.2, 0) is 9.59 Å². The third-order valence-corrected chi connectivity index (χ3v) is 5.57. The molecule has 1 aromatic carbocycles. The Bertz CT molecular complexity index is 1040. The van der Waals surface area contributed by atoms with E-state index in [2.05, 4.69) is 15.2 Å². The minimum Gasteiger partial charge on any atom is -0.497 e. The summed E-state index contributed by atoms with van der Waals surface area (Å²) in [7, 11) is 1.63. The molecule has 8 heteroatoms. The van der Waals surface area contributed by atoms with E-state index in [0.717, 1.165) is 65.7 Å². The highest BCUT2D eigenvalue weighted by molar-refractivity contribution is 8.26. The molecule has 1 N–H and O–H groups in total. The van der Waals surface area contributed by atoms with E-state index in [0.29, 0.717) is 5.17 Å². The Morgan fingerprint density at radius 2 is 2.03 bits per heavy atom. The molecule has 150 valence electrons. The predicted molar refractivity (Wildman–Crippen MR) is 116 cm³/mol. The second-order valence-corrected chi connectivity index (χ2v) is 8.17. The fraction of sp³-hybridized carbons (Fsp3) is 0.333. The number of methoxy groups -OCH3 is 1. The van der Waals surface area contributed by atoms with Crippen molar-refractivity contribution in [3.63, 3.8) is 0 Å². The molecule has 1 saturated heterocycles. The summed E-state index contributed by atoms with van der Waals surface area (Å²) in [5, 5.41) is 3.75. The van der Waals surface area contributed by atoms with E-state index in [4.69, 9.17) is 9.72 Å². The maximum Gasteiger partial charge on any atom is 0.275 e. The average Bonchev–Trinajstić information content (AvgIpc) is 3.05. The highest BCUT2D eigenvalue weighted by atomic mass is 32.2. The molecule has 29 heavy (non-hydrogen) atoms. The molecule has 0 bridgehead atoms. The molecule has 1 fully saturated rings. The van der Waals surface area contributed by atoms with E-state index in [1.54, 1.807) is 13.2 Å². The van der Waals surface area contributed by atoms with Crippen LogP contribution >= 0.6 is 11.8 Å². The third-order valence-electron chi connectivity index (χ3n) is 4.89. The number of benzene rings is 1. The number of fused-ring (bicyclic) bond motifs is 1. The van der Waals surface area contributed by atoms with E-state index in [1.807, 2.05) is 24.3 Å². The number of hydrogen-bond donors (Lipinski definition) is 1. The number of ether oxygens (including phenoxy) is 1. The molecule has 2 aromatic rings. The number of piperidine rings is 1. The fourth-order valence-electron chi connectivity index (χ4n) is 3.53. The van der Waals surface area contributed by atoms with Gasteiger partial charge in [-0.15, -0.1) is 0 Å². The summed E-state index contributed by atoms with van der Waals surface area (Å²) in [5.74, 6) is 1.29. The molecule has 2 aliphatic rings. The molecule has 0 radical (unpaired) electrons. The molecule has 0 atom stereocenters. The van der Waals surface area contributed by atoms with Crippen molar-refractivity contribution in [3.8, 4) is 5.75 Å². The van der Waals surface area contributed by atoms with E-state index in [9.17, 15) is 9.59 Å². The zero-order chi connectivity index (χ0) is 20.4. The van der Waals surface area contributed by atoms with Gasteiger partial charge in [-0.25, -0.2) is 9.98 Å². The van der Waals surface area contributed by atoms with Crippen molar-refractivity contribution in [2.75, 3.05) is 25.1 Å². The van der Waals surface area contributed by atoms with E-state index in [1.165, 1.54) is 13.3 Å². The first-order valence-corrected chi connectivity index (χ1v) is 10.4. The van der Waals surface area contributed by atoms with Crippen LogP contribution in [0, 0.1) is 0 Å². The summed E-state index contributed by atoms with van der Waals surface area (Å²) in [4.78, 5) is 35.1. The van der Waals surface area contributed by atoms with Crippen molar-refractivity contribution < 1.29 is 14.3 Å². The number of carbonyl (C=O) groups is 2. The number of anilines is 1. The number of pyridine rings is 1. The molecule has 4 rings (SSSR count). The Morgan fingerprint density at radius 3 is 2.76 bits per heavy atom. The molecule has 7 nitrogen and oxygen atoms in total. The van der Waals surface area contributed by atoms with Crippen LogP contribution in [0.1, 0.15) is 31.7 Å². The maximum absolute atomic E-state index is 12.3. The van der Waals surface area contributed by atoms with E-state index < -0.39 is 0 Å². The summed E-state index contributed by atoms with van der Waals surface area (Å²) >= 11 is 0.916. The van der Waals surface area contributed by atoms with Gasteiger partial charge in [-0.2, -0.15) is 0 Å². The largest absolute Gasteiger partial charge is 0.497 e.